The Morgan fingerprint density at radius 1 is 1.35 bits per heavy atom. The van der Waals surface area contributed by atoms with Crippen molar-refractivity contribution in [3.8, 4) is 5.75 Å². The number of aromatic nitrogens is 1. The van der Waals surface area contributed by atoms with Crippen molar-refractivity contribution in [1.82, 2.24) is 4.98 Å². The molecule has 0 saturated heterocycles. The highest BCUT2D eigenvalue weighted by molar-refractivity contribution is 5.85. The van der Waals surface area contributed by atoms with Crippen LogP contribution in [0.2, 0.25) is 0 Å². The summed E-state index contributed by atoms with van der Waals surface area (Å²) in [5, 5.41) is 3.12. The third-order valence-corrected chi connectivity index (χ3v) is 3.08. The molecule has 0 saturated carbocycles. The van der Waals surface area contributed by atoms with Gasteiger partial charge in [-0.25, -0.2) is 0 Å². The summed E-state index contributed by atoms with van der Waals surface area (Å²) in [5.41, 5.74) is 7.92. The van der Waals surface area contributed by atoms with Gasteiger partial charge in [0.1, 0.15) is 11.8 Å². The van der Waals surface area contributed by atoms with Crippen LogP contribution in [0.4, 0.5) is 5.69 Å². The number of hydrogen-bond acceptors (Lipinski definition) is 4. The fourth-order valence-corrected chi connectivity index (χ4v) is 2.00. The van der Waals surface area contributed by atoms with Crippen molar-refractivity contribution in [2.24, 2.45) is 5.73 Å². The number of pyridine rings is 1. The molecule has 0 radical (unpaired) electrons. The Labute approximate surface area is 117 Å². The lowest BCUT2D eigenvalue weighted by Gasteiger charge is -2.20. The standard InChI is InChI=1S/C15H17N3O2/c1-10-7-8-17-9-11(10)14(15(16)19)18-12-5-3-4-6-13(12)20-2/h3-9,14,18H,1-2H3,(H2,16,19). The number of anilines is 1. The zero-order valence-electron chi connectivity index (χ0n) is 11.5. The number of rotatable bonds is 5. The fourth-order valence-electron chi connectivity index (χ4n) is 2.00. The molecule has 2 aromatic rings. The van der Waals surface area contributed by atoms with Gasteiger partial charge >= 0.3 is 0 Å². The van der Waals surface area contributed by atoms with Gasteiger partial charge in [-0.3, -0.25) is 9.78 Å². The van der Waals surface area contributed by atoms with E-state index in [1.807, 2.05) is 37.3 Å². The van der Waals surface area contributed by atoms with Gasteiger partial charge in [0.2, 0.25) is 5.91 Å². The molecule has 2 rings (SSSR count). The molecule has 3 N–H and O–H groups in total. The molecule has 104 valence electrons. The maximum absolute atomic E-state index is 11.7. The summed E-state index contributed by atoms with van der Waals surface area (Å²) >= 11 is 0. The Balaban J connectivity index is 2.36. The molecule has 5 nitrogen and oxygen atoms in total. The first-order valence-electron chi connectivity index (χ1n) is 6.23. The molecule has 5 heteroatoms. The molecule has 0 bridgehead atoms. The number of amides is 1. The van der Waals surface area contributed by atoms with Crippen molar-refractivity contribution >= 4 is 11.6 Å². The molecule has 1 aromatic carbocycles. The maximum Gasteiger partial charge on any atom is 0.244 e. The number of nitrogens with zero attached hydrogens (tertiary/aromatic N) is 1. The Kier molecular flexibility index (Phi) is 4.20. The van der Waals surface area contributed by atoms with Crippen LogP contribution in [0.25, 0.3) is 0 Å². The first-order valence-corrected chi connectivity index (χ1v) is 6.23. The number of carbonyl (C=O) groups excluding carboxylic acids is 1. The SMILES string of the molecule is COc1ccccc1NC(C(N)=O)c1cnccc1C. The van der Waals surface area contributed by atoms with E-state index in [1.165, 1.54) is 0 Å². The molecule has 0 spiro atoms. The van der Waals surface area contributed by atoms with Gasteiger partial charge in [0, 0.05) is 18.0 Å². The lowest BCUT2D eigenvalue weighted by atomic mass is 10.0. The maximum atomic E-state index is 11.7. The molecular weight excluding hydrogens is 254 g/mol. The minimum Gasteiger partial charge on any atom is -0.495 e. The number of ether oxygens (including phenoxy) is 1. The van der Waals surface area contributed by atoms with E-state index in [0.717, 1.165) is 11.1 Å². The predicted octanol–water partition coefficient (Wildman–Crippen LogP) is 2.04. The normalized spacial score (nSPS) is 11.7. The van der Waals surface area contributed by atoms with Crippen molar-refractivity contribution in [2.45, 2.75) is 13.0 Å². The third kappa shape index (κ3) is 2.88. The quantitative estimate of drug-likeness (QED) is 0.872. The van der Waals surface area contributed by atoms with Gasteiger partial charge in [-0.1, -0.05) is 12.1 Å². The van der Waals surface area contributed by atoms with Gasteiger partial charge in [-0.15, -0.1) is 0 Å². The van der Waals surface area contributed by atoms with Crippen molar-refractivity contribution < 1.29 is 9.53 Å². The van der Waals surface area contributed by atoms with E-state index in [4.69, 9.17) is 10.5 Å². The van der Waals surface area contributed by atoms with Gasteiger partial charge in [0.25, 0.3) is 0 Å². The fraction of sp³-hybridized carbons (Fsp3) is 0.200. The Morgan fingerprint density at radius 2 is 2.10 bits per heavy atom. The van der Waals surface area contributed by atoms with Gasteiger partial charge in [0.05, 0.1) is 12.8 Å². The molecule has 1 heterocycles. The van der Waals surface area contributed by atoms with Crippen LogP contribution in [0, 0.1) is 6.92 Å². The smallest absolute Gasteiger partial charge is 0.244 e. The van der Waals surface area contributed by atoms with Gasteiger partial charge in [0.15, 0.2) is 0 Å². The van der Waals surface area contributed by atoms with Crippen LogP contribution in [0.15, 0.2) is 42.7 Å². The van der Waals surface area contributed by atoms with Crippen molar-refractivity contribution in [3.63, 3.8) is 0 Å². The number of carbonyl (C=O) groups is 1. The average molecular weight is 271 g/mol. The number of benzene rings is 1. The molecule has 1 amide bonds. The average Bonchev–Trinajstić information content (AvgIpc) is 2.46. The van der Waals surface area contributed by atoms with Crippen molar-refractivity contribution in [3.05, 3.63) is 53.9 Å². The second-order valence-corrected chi connectivity index (χ2v) is 4.41. The summed E-state index contributed by atoms with van der Waals surface area (Å²) in [6.07, 6.45) is 3.33. The van der Waals surface area contributed by atoms with E-state index in [9.17, 15) is 4.79 Å². The molecule has 1 atom stereocenters. The van der Waals surface area contributed by atoms with Crippen LogP contribution in [-0.2, 0) is 4.79 Å². The van der Waals surface area contributed by atoms with Crippen LogP contribution in [-0.4, -0.2) is 18.0 Å². The summed E-state index contributed by atoms with van der Waals surface area (Å²) in [6, 6.07) is 8.56. The zero-order valence-corrected chi connectivity index (χ0v) is 11.5. The van der Waals surface area contributed by atoms with Crippen molar-refractivity contribution in [1.29, 1.82) is 0 Å². The molecule has 0 fully saturated rings. The number of methoxy groups -OCH3 is 1. The van der Waals surface area contributed by atoms with Crippen LogP contribution < -0.4 is 15.8 Å². The predicted molar refractivity (Wildman–Crippen MR) is 77.5 cm³/mol. The Hall–Kier alpha value is -2.56. The van der Waals surface area contributed by atoms with Crippen LogP contribution in [0.1, 0.15) is 17.2 Å². The largest absolute Gasteiger partial charge is 0.495 e. The molecule has 1 aromatic heterocycles. The molecule has 0 aliphatic carbocycles. The monoisotopic (exact) mass is 271 g/mol. The van der Waals surface area contributed by atoms with Gasteiger partial charge in [-0.05, 0) is 30.7 Å². The first-order chi connectivity index (χ1) is 9.63. The second kappa shape index (κ2) is 6.06. The van der Waals surface area contributed by atoms with E-state index in [2.05, 4.69) is 10.3 Å². The number of hydrogen-bond donors (Lipinski definition) is 2. The molecule has 0 aliphatic rings. The summed E-state index contributed by atoms with van der Waals surface area (Å²) in [7, 11) is 1.58. The summed E-state index contributed by atoms with van der Waals surface area (Å²) in [6.45, 7) is 1.91. The lowest BCUT2D eigenvalue weighted by molar-refractivity contribution is -0.118. The number of aryl methyl sites for hydroxylation is 1. The topological polar surface area (TPSA) is 77.2 Å². The summed E-state index contributed by atoms with van der Waals surface area (Å²) in [5.74, 6) is 0.187. The first kappa shape index (κ1) is 13.9. The van der Waals surface area contributed by atoms with E-state index in [0.29, 0.717) is 11.4 Å². The summed E-state index contributed by atoms with van der Waals surface area (Å²) in [4.78, 5) is 15.8. The third-order valence-electron chi connectivity index (χ3n) is 3.08. The molecule has 1 unspecified atom stereocenters. The van der Waals surface area contributed by atoms with Gasteiger partial charge in [-0.2, -0.15) is 0 Å². The highest BCUT2D eigenvalue weighted by atomic mass is 16.5. The van der Waals surface area contributed by atoms with E-state index in [-0.39, 0.29) is 0 Å². The number of nitrogens with one attached hydrogen (secondary N) is 1. The number of nitrogens with two attached hydrogens (primary N) is 1. The molecular formula is C15H17N3O2. The minimum atomic E-state index is -0.653. The van der Waals surface area contributed by atoms with E-state index < -0.39 is 11.9 Å². The highest BCUT2D eigenvalue weighted by Crippen LogP contribution is 2.28. The lowest BCUT2D eigenvalue weighted by Crippen LogP contribution is -2.28. The number of primary amides is 1. The Morgan fingerprint density at radius 3 is 2.75 bits per heavy atom. The Bertz CT molecular complexity index is 614. The van der Waals surface area contributed by atoms with Crippen LogP contribution >= 0.6 is 0 Å². The molecule has 20 heavy (non-hydrogen) atoms. The second-order valence-electron chi connectivity index (χ2n) is 4.41. The van der Waals surface area contributed by atoms with Crippen LogP contribution in [0.3, 0.4) is 0 Å². The van der Waals surface area contributed by atoms with Crippen molar-refractivity contribution in [2.75, 3.05) is 12.4 Å². The van der Waals surface area contributed by atoms with Crippen LogP contribution in [0.5, 0.6) is 5.75 Å². The summed E-state index contributed by atoms with van der Waals surface area (Å²) < 4.78 is 5.26. The number of para-hydroxylation sites is 2. The minimum absolute atomic E-state index is 0.466. The molecule has 0 aliphatic heterocycles. The van der Waals surface area contributed by atoms with Gasteiger partial charge < -0.3 is 15.8 Å². The van der Waals surface area contributed by atoms with E-state index in [1.54, 1.807) is 19.5 Å². The zero-order chi connectivity index (χ0) is 14.5. The van der Waals surface area contributed by atoms with E-state index >= 15 is 0 Å². The highest BCUT2D eigenvalue weighted by Gasteiger charge is 2.20.